The zero-order chi connectivity index (χ0) is 22.4. The van der Waals surface area contributed by atoms with Crippen LogP contribution in [0.1, 0.15) is 34.0 Å². The summed E-state index contributed by atoms with van der Waals surface area (Å²) < 4.78 is 20.1. The van der Waals surface area contributed by atoms with Crippen molar-refractivity contribution >= 4 is 31.5 Å². The van der Waals surface area contributed by atoms with E-state index in [-0.39, 0.29) is 5.92 Å². The Morgan fingerprint density at radius 3 is 2.58 bits per heavy atom. The number of hydrogen-bond donors (Lipinski definition) is 0. The second-order valence-electron chi connectivity index (χ2n) is 8.42. The van der Waals surface area contributed by atoms with Crippen molar-refractivity contribution in [1.82, 2.24) is 4.98 Å². The molecule has 0 amide bonds. The topological polar surface area (TPSA) is 12.9 Å². The maximum absolute atomic E-state index is 8.82. The minimum atomic E-state index is -1.31. The van der Waals surface area contributed by atoms with Gasteiger partial charge < -0.3 is 0 Å². The van der Waals surface area contributed by atoms with E-state index in [9.17, 15) is 0 Å². The van der Waals surface area contributed by atoms with Crippen LogP contribution in [0, 0.1) is 5.92 Å². The molecule has 152 valence electrons. The molecule has 2 heterocycles. The molecule has 3 aromatic carbocycles. The lowest BCUT2D eigenvalue weighted by Gasteiger charge is -2.10. The maximum Gasteiger partial charge on any atom is 0.0719 e. The van der Waals surface area contributed by atoms with E-state index in [1.54, 1.807) is 17.5 Å². The molecule has 0 unspecified atom stereocenters. The number of aromatic nitrogens is 1. The van der Waals surface area contributed by atoms with Crippen molar-refractivity contribution < 1.29 is 2.74 Å². The first-order valence-electron chi connectivity index (χ1n) is 12.1. The van der Waals surface area contributed by atoms with Crippen LogP contribution in [0.5, 0.6) is 0 Å². The van der Waals surface area contributed by atoms with Gasteiger partial charge in [-0.3, -0.25) is 4.98 Å². The first-order chi connectivity index (χ1) is 16.1. The van der Waals surface area contributed by atoms with Gasteiger partial charge in [-0.05, 0) is 47.2 Å². The van der Waals surface area contributed by atoms with E-state index < -0.39 is 6.37 Å². The van der Waals surface area contributed by atoms with Crippen LogP contribution in [0.4, 0.5) is 0 Å². The third kappa shape index (κ3) is 3.55. The van der Waals surface area contributed by atoms with Crippen molar-refractivity contribution in [2.45, 2.75) is 32.1 Å². The summed E-state index contributed by atoms with van der Waals surface area (Å²) >= 11 is 1.80. The summed E-state index contributed by atoms with van der Waals surface area (Å²) in [7, 11) is 0. The largest absolute Gasteiger partial charge is 0.256 e. The quantitative estimate of drug-likeness (QED) is 0.283. The summed E-state index contributed by atoms with van der Waals surface area (Å²) in [5.74, 6) is 0.101. The molecule has 2 aromatic heterocycles. The summed E-state index contributed by atoms with van der Waals surface area (Å²) in [6, 6.07) is 27.4. The third-order valence-corrected chi connectivity index (χ3v) is 7.57. The van der Waals surface area contributed by atoms with Gasteiger partial charge >= 0.3 is 0 Å². The molecule has 0 saturated heterocycles. The van der Waals surface area contributed by atoms with E-state index in [2.05, 4.69) is 65.6 Å². The highest BCUT2D eigenvalue weighted by atomic mass is 32.1. The molecular formula is C29H25NS. The molecule has 0 N–H and O–H groups in total. The van der Waals surface area contributed by atoms with Crippen molar-refractivity contribution in [3.05, 3.63) is 90.6 Å². The first kappa shape index (κ1) is 16.7. The Kier molecular flexibility index (Phi) is 4.27. The summed E-state index contributed by atoms with van der Waals surface area (Å²) in [5.41, 5.74) is 5.14. The molecule has 6 rings (SSSR count). The zero-order valence-corrected chi connectivity index (χ0v) is 18.2. The zero-order valence-electron chi connectivity index (χ0n) is 19.3. The molecule has 5 aromatic rings. The third-order valence-electron chi connectivity index (χ3n) is 6.37. The predicted molar refractivity (Wildman–Crippen MR) is 134 cm³/mol. The highest BCUT2D eigenvalue weighted by molar-refractivity contribution is 7.26. The van der Waals surface area contributed by atoms with Crippen LogP contribution in [0.2, 0.25) is 0 Å². The fourth-order valence-corrected chi connectivity index (χ4v) is 6.05. The number of fused-ring (bicyclic) bond motifs is 3. The summed E-state index contributed by atoms with van der Waals surface area (Å²) in [5, 5.41) is 2.49. The van der Waals surface area contributed by atoms with Gasteiger partial charge in [-0.1, -0.05) is 86.3 Å². The Hall–Kier alpha value is -2.97. The van der Waals surface area contributed by atoms with Crippen LogP contribution in [-0.4, -0.2) is 4.98 Å². The van der Waals surface area contributed by atoms with Gasteiger partial charge in [-0.15, -0.1) is 11.3 Å². The van der Waals surface area contributed by atoms with Crippen molar-refractivity contribution in [3.8, 4) is 22.4 Å². The van der Waals surface area contributed by atoms with E-state index in [0.717, 1.165) is 42.5 Å². The van der Waals surface area contributed by atoms with Crippen LogP contribution in [0.25, 0.3) is 42.6 Å². The van der Waals surface area contributed by atoms with Gasteiger partial charge in [-0.25, -0.2) is 0 Å². The molecule has 0 spiro atoms. The molecular weight excluding hydrogens is 394 g/mol. The van der Waals surface area contributed by atoms with E-state index in [0.29, 0.717) is 0 Å². The van der Waals surface area contributed by atoms with Crippen LogP contribution in [0.3, 0.4) is 0 Å². The Morgan fingerprint density at radius 2 is 1.71 bits per heavy atom. The van der Waals surface area contributed by atoms with Crippen molar-refractivity contribution in [3.63, 3.8) is 0 Å². The molecule has 1 nitrogen and oxygen atoms in total. The molecule has 2 heteroatoms. The average Bonchev–Trinajstić information content (AvgIpc) is 3.53. The number of rotatable bonds is 4. The maximum atomic E-state index is 8.82. The van der Waals surface area contributed by atoms with E-state index in [4.69, 9.17) is 2.74 Å². The minimum absolute atomic E-state index is 0.101. The van der Waals surface area contributed by atoms with Crippen molar-refractivity contribution in [1.29, 1.82) is 0 Å². The molecule has 1 saturated carbocycles. The Bertz CT molecular complexity index is 1450. The number of nitrogens with zero attached hydrogens (tertiary/aromatic N) is 1. The number of thiophene rings is 1. The SMILES string of the molecule is [2H]C([2H])(c1ccnc(-c2cccc3c2sc2cc(-c4ccccc4)ccc23)c1)C1CCCC1. The molecule has 1 aliphatic rings. The van der Waals surface area contributed by atoms with E-state index in [1.165, 1.54) is 31.3 Å². The molecule has 1 aliphatic carbocycles. The number of benzene rings is 3. The fourth-order valence-electron chi connectivity index (χ4n) is 4.78. The second kappa shape index (κ2) is 7.94. The Balaban J connectivity index is 1.46. The van der Waals surface area contributed by atoms with Crippen molar-refractivity contribution in [2.75, 3.05) is 0 Å². The van der Waals surface area contributed by atoms with E-state index in [1.807, 2.05) is 18.2 Å². The normalized spacial score (nSPS) is 16.0. The molecule has 0 radical (unpaired) electrons. The minimum Gasteiger partial charge on any atom is -0.256 e. The average molecular weight is 422 g/mol. The Labute approximate surface area is 190 Å². The second-order valence-corrected chi connectivity index (χ2v) is 9.47. The fraction of sp³-hybridized carbons (Fsp3) is 0.207. The van der Waals surface area contributed by atoms with Crippen LogP contribution in [0.15, 0.2) is 85.1 Å². The lowest BCUT2D eigenvalue weighted by atomic mass is 9.97. The lowest BCUT2D eigenvalue weighted by Crippen LogP contribution is -1.99. The monoisotopic (exact) mass is 421 g/mol. The molecule has 31 heavy (non-hydrogen) atoms. The van der Waals surface area contributed by atoms with E-state index >= 15 is 0 Å². The summed E-state index contributed by atoms with van der Waals surface area (Å²) in [6.45, 7) is 0. The molecule has 0 atom stereocenters. The number of pyridine rings is 1. The number of hydrogen-bond acceptors (Lipinski definition) is 2. The van der Waals surface area contributed by atoms with Crippen molar-refractivity contribution in [2.24, 2.45) is 5.92 Å². The van der Waals surface area contributed by atoms with Gasteiger partial charge in [0.15, 0.2) is 0 Å². The molecule has 0 aliphatic heterocycles. The van der Waals surface area contributed by atoms with Crippen LogP contribution >= 0.6 is 11.3 Å². The lowest BCUT2D eigenvalue weighted by molar-refractivity contribution is 0.546. The van der Waals surface area contributed by atoms with Gasteiger partial charge in [0.25, 0.3) is 0 Å². The Morgan fingerprint density at radius 1 is 0.839 bits per heavy atom. The summed E-state index contributed by atoms with van der Waals surface area (Å²) in [4.78, 5) is 4.68. The predicted octanol–water partition coefficient (Wildman–Crippen LogP) is 8.52. The highest BCUT2D eigenvalue weighted by Crippen LogP contribution is 2.41. The smallest absolute Gasteiger partial charge is 0.0719 e. The van der Waals surface area contributed by atoms with Gasteiger partial charge in [-0.2, -0.15) is 0 Å². The highest BCUT2D eigenvalue weighted by Gasteiger charge is 2.17. The summed E-state index contributed by atoms with van der Waals surface area (Å²) in [6.07, 6.45) is 4.67. The van der Waals surface area contributed by atoms with Crippen LogP contribution in [-0.2, 0) is 6.37 Å². The molecule has 0 bridgehead atoms. The van der Waals surface area contributed by atoms with Crippen LogP contribution < -0.4 is 0 Å². The van der Waals surface area contributed by atoms with Gasteiger partial charge in [0.05, 0.1) is 5.69 Å². The standard InChI is InChI=1S/C29H25NS/c1-2-9-22(10-3-1)23-13-14-24-25-11-6-12-26(29(25)31-28(24)19-23)27-18-21(15-16-30-27)17-20-7-4-5-8-20/h1-3,6,9-16,18-20H,4-5,7-8,17H2/i17D2. The van der Waals surface area contributed by atoms with Gasteiger partial charge in [0.2, 0.25) is 0 Å². The van der Waals surface area contributed by atoms with Gasteiger partial charge in [0, 0.05) is 34.7 Å². The van der Waals surface area contributed by atoms with Gasteiger partial charge in [0.1, 0.15) is 0 Å². The molecule has 1 fully saturated rings. The first-order valence-corrected chi connectivity index (χ1v) is 11.9.